The van der Waals surface area contributed by atoms with Crippen LogP contribution in [0.4, 0.5) is 0 Å². The van der Waals surface area contributed by atoms with Crippen LogP contribution in [0.3, 0.4) is 0 Å². The summed E-state index contributed by atoms with van der Waals surface area (Å²) in [6.07, 6.45) is 1.01. The number of carbonyl (C=O) groups excluding carboxylic acids is 2. The first-order valence-corrected chi connectivity index (χ1v) is 9.46. The monoisotopic (exact) mass is 353 g/mol. The molecule has 2 rings (SSSR count). The topological polar surface area (TPSA) is 95.6 Å². The zero-order chi connectivity index (χ0) is 17.9. The highest BCUT2D eigenvalue weighted by atomic mass is 32.2. The average Bonchev–Trinajstić information content (AvgIpc) is 2.73. The number of carbonyl (C=O) groups is 2. The molecule has 2 amide bonds. The molecule has 7 nitrogen and oxygen atoms in total. The zero-order valence-electron chi connectivity index (χ0n) is 14.1. The second kappa shape index (κ2) is 7.31. The van der Waals surface area contributed by atoms with Gasteiger partial charge >= 0.3 is 0 Å². The van der Waals surface area contributed by atoms with Crippen molar-refractivity contribution in [3.05, 3.63) is 29.3 Å². The Morgan fingerprint density at radius 2 is 1.92 bits per heavy atom. The molecule has 0 spiro atoms. The number of hydrogen-bond acceptors (Lipinski definition) is 5. The first-order chi connectivity index (χ1) is 11.3. The number of amides is 2. The molecule has 2 N–H and O–H groups in total. The van der Waals surface area contributed by atoms with Gasteiger partial charge in [0.1, 0.15) is 4.90 Å². The second-order valence-electron chi connectivity index (χ2n) is 5.92. The number of nitrogens with zero attached hydrogens (tertiary/aromatic N) is 1. The van der Waals surface area contributed by atoms with Gasteiger partial charge < -0.3 is 10.6 Å². The van der Waals surface area contributed by atoms with Gasteiger partial charge in [-0.05, 0) is 45.0 Å². The Labute approximate surface area is 142 Å². The van der Waals surface area contributed by atoms with Crippen LogP contribution in [0.15, 0.2) is 23.1 Å². The van der Waals surface area contributed by atoms with Crippen molar-refractivity contribution in [1.82, 2.24) is 14.9 Å². The molecular weight excluding hydrogens is 330 g/mol. The van der Waals surface area contributed by atoms with Crippen molar-refractivity contribution < 1.29 is 18.0 Å². The van der Waals surface area contributed by atoms with E-state index >= 15 is 0 Å². The third-order valence-corrected chi connectivity index (χ3v) is 5.69. The molecule has 24 heavy (non-hydrogen) atoms. The second-order valence-corrected chi connectivity index (χ2v) is 7.70. The average molecular weight is 353 g/mol. The summed E-state index contributed by atoms with van der Waals surface area (Å²) in [5.41, 5.74) is 0.344. The van der Waals surface area contributed by atoms with E-state index < -0.39 is 22.0 Å². The molecule has 0 fully saturated rings. The van der Waals surface area contributed by atoms with Crippen LogP contribution in [0, 0.1) is 0 Å². The summed E-state index contributed by atoms with van der Waals surface area (Å²) in [6, 6.07) is 3.68. The molecule has 8 heteroatoms. The molecule has 0 bridgehead atoms. The minimum Gasteiger partial charge on any atom is -0.351 e. The summed E-state index contributed by atoms with van der Waals surface area (Å²) in [5.74, 6) is -0.905. The highest BCUT2D eigenvalue weighted by Gasteiger charge is 2.42. The van der Waals surface area contributed by atoms with Crippen molar-refractivity contribution in [3.8, 4) is 0 Å². The van der Waals surface area contributed by atoms with Crippen LogP contribution in [-0.2, 0) is 10.0 Å². The predicted octanol–water partition coefficient (Wildman–Crippen LogP) is 0.969. The number of hydrogen-bond donors (Lipinski definition) is 2. The van der Waals surface area contributed by atoms with Gasteiger partial charge in [0.25, 0.3) is 21.8 Å². The number of sulfonamides is 1. The van der Waals surface area contributed by atoms with Crippen LogP contribution < -0.4 is 10.6 Å². The van der Waals surface area contributed by atoms with Crippen LogP contribution >= 0.6 is 0 Å². The van der Waals surface area contributed by atoms with E-state index in [1.165, 1.54) is 18.2 Å². The molecule has 0 atom stereocenters. The van der Waals surface area contributed by atoms with Crippen LogP contribution in [-0.4, -0.2) is 50.2 Å². The maximum absolute atomic E-state index is 12.5. The van der Waals surface area contributed by atoms with E-state index in [4.69, 9.17) is 0 Å². The predicted molar refractivity (Wildman–Crippen MR) is 90.4 cm³/mol. The van der Waals surface area contributed by atoms with E-state index in [1.54, 1.807) is 13.8 Å². The van der Waals surface area contributed by atoms with Crippen molar-refractivity contribution in [3.63, 3.8) is 0 Å². The van der Waals surface area contributed by atoms with Gasteiger partial charge in [-0.1, -0.05) is 6.92 Å². The fraction of sp³-hybridized carbons (Fsp3) is 0.500. The van der Waals surface area contributed by atoms with Crippen LogP contribution in [0.25, 0.3) is 0 Å². The van der Waals surface area contributed by atoms with Gasteiger partial charge in [0, 0.05) is 24.7 Å². The van der Waals surface area contributed by atoms with Crippen LogP contribution in [0.2, 0.25) is 0 Å². The molecule has 0 unspecified atom stereocenters. The lowest BCUT2D eigenvalue weighted by molar-refractivity contribution is 0.0845. The number of fused-ring (bicyclic) bond motifs is 1. The quantitative estimate of drug-likeness (QED) is 0.712. The number of benzene rings is 1. The summed E-state index contributed by atoms with van der Waals surface area (Å²) < 4.78 is 25.9. The van der Waals surface area contributed by atoms with Gasteiger partial charge in [0.15, 0.2) is 0 Å². The lowest BCUT2D eigenvalue weighted by atomic mass is 10.1. The first kappa shape index (κ1) is 18.4. The van der Waals surface area contributed by atoms with E-state index in [-0.39, 0.29) is 21.9 Å². The van der Waals surface area contributed by atoms with Crippen molar-refractivity contribution in [2.45, 2.75) is 38.1 Å². The Bertz CT molecular complexity index is 744. The fourth-order valence-electron chi connectivity index (χ4n) is 2.57. The minimum atomic E-state index is -3.89. The Balaban J connectivity index is 2.17. The third kappa shape index (κ3) is 3.44. The van der Waals surface area contributed by atoms with Gasteiger partial charge in [-0.2, -0.15) is 0 Å². The molecule has 132 valence electrons. The molecule has 0 aliphatic carbocycles. The molecule has 1 aromatic carbocycles. The molecule has 0 radical (unpaired) electrons. The third-order valence-electron chi connectivity index (χ3n) is 3.69. The van der Waals surface area contributed by atoms with E-state index in [9.17, 15) is 18.0 Å². The summed E-state index contributed by atoms with van der Waals surface area (Å²) in [6.45, 7) is 7.29. The molecular formula is C16H23N3O4S. The fourth-order valence-corrected chi connectivity index (χ4v) is 4.36. The first-order valence-electron chi connectivity index (χ1n) is 8.02. The van der Waals surface area contributed by atoms with E-state index in [0.717, 1.165) is 17.3 Å². The summed E-state index contributed by atoms with van der Waals surface area (Å²) in [7, 11) is -3.89. The molecule has 0 saturated carbocycles. The summed E-state index contributed by atoms with van der Waals surface area (Å²) in [4.78, 5) is 24.3. The number of rotatable bonds is 7. The Morgan fingerprint density at radius 3 is 2.54 bits per heavy atom. The summed E-state index contributed by atoms with van der Waals surface area (Å²) in [5, 5.41) is 5.89. The lowest BCUT2D eigenvalue weighted by Gasteiger charge is -2.18. The SMILES string of the molecule is CCCNCCNC(=O)c1ccc2c(c1)S(=O)(=O)N(C(C)C)C2=O. The molecule has 1 aromatic rings. The van der Waals surface area contributed by atoms with Crippen LogP contribution in [0.5, 0.6) is 0 Å². The molecule has 1 aliphatic rings. The Kier molecular flexibility index (Phi) is 5.61. The number of nitrogens with one attached hydrogen (secondary N) is 2. The van der Waals surface area contributed by atoms with Crippen molar-refractivity contribution in [2.75, 3.05) is 19.6 Å². The van der Waals surface area contributed by atoms with Crippen molar-refractivity contribution >= 4 is 21.8 Å². The largest absolute Gasteiger partial charge is 0.351 e. The maximum Gasteiger partial charge on any atom is 0.269 e. The molecule has 1 aliphatic heterocycles. The van der Waals surface area contributed by atoms with E-state index in [2.05, 4.69) is 17.6 Å². The standard InChI is InChI=1S/C16H23N3O4S/c1-4-7-17-8-9-18-15(20)12-5-6-13-14(10-12)24(22,23)19(11(2)3)16(13)21/h5-6,10-11,17H,4,7-9H2,1-3H3,(H,18,20). The van der Waals surface area contributed by atoms with Gasteiger partial charge in [0.05, 0.1) is 5.56 Å². The Hall–Kier alpha value is -1.93. The highest BCUT2D eigenvalue weighted by molar-refractivity contribution is 7.90. The van der Waals surface area contributed by atoms with Gasteiger partial charge in [0.2, 0.25) is 0 Å². The lowest BCUT2D eigenvalue weighted by Crippen LogP contribution is -2.36. The Morgan fingerprint density at radius 1 is 1.21 bits per heavy atom. The van der Waals surface area contributed by atoms with Gasteiger partial charge in [-0.3, -0.25) is 9.59 Å². The van der Waals surface area contributed by atoms with E-state index in [0.29, 0.717) is 13.1 Å². The van der Waals surface area contributed by atoms with Gasteiger partial charge in [-0.15, -0.1) is 0 Å². The normalized spacial score (nSPS) is 15.7. The zero-order valence-corrected chi connectivity index (χ0v) is 14.9. The summed E-state index contributed by atoms with van der Waals surface area (Å²) >= 11 is 0. The highest BCUT2D eigenvalue weighted by Crippen LogP contribution is 2.32. The van der Waals surface area contributed by atoms with Crippen molar-refractivity contribution in [2.24, 2.45) is 0 Å². The van der Waals surface area contributed by atoms with Crippen LogP contribution in [0.1, 0.15) is 47.9 Å². The smallest absolute Gasteiger partial charge is 0.269 e. The molecule has 0 aromatic heterocycles. The molecule has 0 saturated heterocycles. The molecule has 1 heterocycles. The maximum atomic E-state index is 12.5. The van der Waals surface area contributed by atoms with Gasteiger partial charge in [-0.25, -0.2) is 12.7 Å². The minimum absolute atomic E-state index is 0.0991. The van der Waals surface area contributed by atoms with Crippen molar-refractivity contribution in [1.29, 1.82) is 0 Å². The van der Waals surface area contributed by atoms with E-state index in [1.807, 2.05) is 0 Å².